The first kappa shape index (κ1) is 28.2. The largest absolute Gasteiger partial charge is 0.469 e. The molecule has 0 fully saturated rings. The summed E-state index contributed by atoms with van der Waals surface area (Å²) in [5, 5.41) is 4.97. The molecule has 2 aromatic rings. The van der Waals surface area contributed by atoms with Crippen LogP contribution in [0.5, 0.6) is 0 Å². The third kappa shape index (κ3) is 6.67. The normalized spacial score (nSPS) is 15.9. The van der Waals surface area contributed by atoms with E-state index in [1.54, 1.807) is 69.4 Å². The predicted octanol–water partition coefficient (Wildman–Crippen LogP) is 1.39. The summed E-state index contributed by atoms with van der Waals surface area (Å²) < 4.78 is 4.46. The first-order chi connectivity index (χ1) is 17.9. The fourth-order valence-electron chi connectivity index (χ4n) is 3.60. The van der Waals surface area contributed by atoms with Gasteiger partial charge in [-0.2, -0.15) is 0 Å². The van der Waals surface area contributed by atoms with Crippen LogP contribution in [-0.2, 0) is 28.7 Å². The van der Waals surface area contributed by atoms with Gasteiger partial charge in [-0.3, -0.25) is 29.0 Å². The Bertz CT molecular complexity index is 1270. The van der Waals surface area contributed by atoms with Gasteiger partial charge in [0.15, 0.2) is 5.78 Å². The van der Waals surface area contributed by atoms with E-state index in [-0.39, 0.29) is 12.3 Å². The Balaban J connectivity index is 2.00. The van der Waals surface area contributed by atoms with Crippen molar-refractivity contribution in [1.82, 2.24) is 15.6 Å². The highest BCUT2D eigenvalue weighted by atomic mass is 16.5. The number of hydrogen-bond acceptors (Lipinski definition) is 8. The van der Waals surface area contributed by atoms with Gasteiger partial charge in [-0.05, 0) is 25.1 Å². The number of fused-ring (bicyclic) bond motifs is 1. The number of aromatic nitrogens is 1. The van der Waals surface area contributed by atoms with Crippen LogP contribution in [0.2, 0.25) is 0 Å². The summed E-state index contributed by atoms with van der Waals surface area (Å²) in [6.07, 6.45) is -0.392. The number of rotatable bonds is 8. The summed E-state index contributed by atoms with van der Waals surface area (Å²) in [5.41, 5.74) is 1.13. The van der Waals surface area contributed by atoms with Crippen molar-refractivity contribution in [2.75, 3.05) is 18.6 Å². The number of ketones is 1. The van der Waals surface area contributed by atoms with Crippen molar-refractivity contribution >= 4 is 40.9 Å². The number of ether oxygens (including phenoxy) is 1. The second-order valence-electron chi connectivity index (χ2n) is 9.76. The lowest BCUT2D eigenvalue weighted by Gasteiger charge is -2.28. The Kier molecular flexibility index (Phi) is 8.72. The maximum absolute atomic E-state index is 13.8. The fraction of sp³-hybridized carbons (Fsp3) is 0.370. The number of aliphatic imine (C=N–C) groups is 1. The fourth-order valence-corrected chi connectivity index (χ4v) is 3.60. The highest BCUT2D eigenvalue weighted by Gasteiger charge is 2.36. The number of amides is 3. The second-order valence-corrected chi connectivity index (χ2v) is 9.76. The molecule has 0 bridgehead atoms. The molecule has 2 atom stereocenters. The molecule has 0 aliphatic carbocycles. The monoisotopic (exact) mass is 521 g/mol. The first-order valence-corrected chi connectivity index (χ1v) is 12.0. The molecule has 11 heteroatoms. The van der Waals surface area contributed by atoms with Gasteiger partial charge >= 0.3 is 5.97 Å². The van der Waals surface area contributed by atoms with Crippen LogP contribution >= 0.6 is 0 Å². The number of anilines is 1. The van der Waals surface area contributed by atoms with Crippen molar-refractivity contribution in [2.45, 2.75) is 46.3 Å². The second kappa shape index (κ2) is 11.8. The lowest BCUT2D eigenvalue weighted by Crippen LogP contribution is -2.54. The van der Waals surface area contributed by atoms with Crippen LogP contribution in [0.3, 0.4) is 0 Å². The average molecular weight is 522 g/mol. The zero-order valence-corrected chi connectivity index (χ0v) is 22.0. The van der Waals surface area contributed by atoms with E-state index < -0.39 is 47.7 Å². The smallest absolute Gasteiger partial charge is 0.315 e. The number of benzene rings is 1. The van der Waals surface area contributed by atoms with E-state index >= 15 is 0 Å². The van der Waals surface area contributed by atoms with Crippen molar-refractivity contribution in [3.63, 3.8) is 0 Å². The maximum Gasteiger partial charge on any atom is 0.315 e. The number of esters is 1. The summed E-state index contributed by atoms with van der Waals surface area (Å²) in [5.74, 6) is -2.98. The summed E-state index contributed by atoms with van der Waals surface area (Å²) in [4.78, 5) is 73.5. The number of pyridine rings is 1. The quantitative estimate of drug-likeness (QED) is 0.394. The highest BCUT2D eigenvalue weighted by molar-refractivity contribution is 6.20. The molecule has 1 aromatic heterocycles. The van der Waals surface area contributed by atoms with Gasteiger partial charge in [0, 0.05) is 17.2 Å². The summed E-state index contributed by atoms with van der Waals surface area (Å²) in [6, 6.07) is 11.1. The van der Waals surface area contributed by atoms with E-state index in [4.69, 9.17) is 0 Å². The van der Waals surface area contributed by atoms with Crippen LogP contribution < -0.4 is 15.5 Å². The number of hydrogen-bond donors (Lipinski definition) is 2. The average Bonchev–Trinajstić information content (AvgIpc) is 2.99. The van der Waals surface area contributed by atoms with Crippen molar-refractivity contribution in [2.24, 2.45) is 10.4 Å². The minimum atomic E-state index is -1.42. The molecule has 0 spiro atoms. The molecule has 1 unspecified atom stereocenters. The molecule has 0 radical (unpaired) electrons. The van der Waals surface area contributed by atoms with Gasteiger partial charge in [0.2, 0.25) is 18.0 Å². The van der Waals surface area contributed by atoms with Gasteiger partial charge < -0.3 is 20.3 Å². The maximum atomic E-state index is 13.8. The van der Waals surface area contributed by atoms with Crippen LogP contribution in [0.25, 0.3) is 0 Å². The molecular weight excluding hydrogens is 490 g/mol. The Morgan fingerprint density at radius 2 is 1.76 bits per heavy atom. The molecule has 3 amide bonds. The van der Waals surface area contributed by atoms with Crippen molar-refractivity contribution < 1.29 is 28.7 Å². The number of Topliss-reactive ketones (excluding diaryl/α,β-unsaturated/α-hetero) is 1. The van der Waals surface area contributed by atoms with E-state index in [0.717, 1.165) is 7.11 Å². The number of para-hydroxylation sites is 1. The van der Waals surface area contributed by atoms with Gasteiger partial charge in [0.25, 0.3) is 5.91 Å². The van der Waals surface area contributed by atoms with E-state index in [1.807, 2.05) is 0 Å². The number of carbonyl (C=O) groups excluding carboxylic acids is 5. The van der Waals surface area contributed by atoms with E-state index in [1.165, 1.54) is 11.8 Å². The van der Waals surface area contributed by atoms with Gasteiger partial charge in [-0.1, -0.05) is 45.0 Å². The molecule has 2 heterocycles. The van der Waals surface area contributed by atoms with Crippen LogP contribution in [0, 0.1) is 5.41 Å². The van der Waals surface area contributed by atoms with Gasteiger partial charge in [-0.25, -0.2) is 4.99 Å². The predicted molar refractivity (Wildman–Crippen MR) is 139 cm³/mol. The molecule has 11 nitrogen and oxygen atoms in total. The number of methoxy groups -OCH3 is 1. The summed E-state index contributed by atoms with van der Waals surface area (Å²) in [7, 11) is 1.15. The van der Waals surface area contributed by atoms with Crippen molar-refractivity contribution in [3.8, 4) is 0 Å². The minimum absolute atomic E-state index is 0.185. The molecule has 3 rings (SSSR count). The van der Waals surface area contributed by atoms with E-state index in [2.05, 4.69) is 25.3 Å². The van der Waals surface area contributed by atoms with E-state index in [0.29, 0.717) is 22.7 Å². The lowest BCUT2D eigenvalue weighted by atomic mass is 9.90. The van der Waals surface area contributed by atoms with Gasteiger partial charge in [0.05, 0.1) is 30.7 Å². The topological polar surface area (TPSA) is 147 Å². The molecule has 1 aromatic carbocycles. The number of carbonyl (C=O) groups is 5. The number of benzodiazepines with no additional fused rings is 1. The molecule has 1 aliphatic rings. The standard InChI is InChI=1S/C27H31N5O6/c1-16(29-21(34)14-22(35)38-5)25(36)31-24-26(37)32(15-20(33)27(2,3)4)19-12-7-6-10-17(19)23(30-24)18-11-8-9-13-28-18/h6-13,16,24H,14-15H2,1-5H3,(H,29,34)(H,31,36)/t16-,24?/m0/s1. The van der Waals surface area contributed by atoms with Crippen molar-refractivity contribution in [3.05, 3.63) is 59.9 Å². The number of nitrogens with zero attached hydrogens (tertiary/aromatic N) is 3. The highest BCUT2D eigenvalue weighted by Crippen LogP contribution is 2.29. The molecule has 38 heavy (non-hydrogen) atoms. The Morgan fingerprint density at radius 3 is 2.39 bits per heavy atom. The van der Waals surface area contributed by atoms with Crippen LogP contribution in [-0.4, -0.2) is 66.0 Å². The third-order valence-electron chi connectivity index (χ3n) is 5.84. The van der Waals surface area contributed by atoms with E-state index in [9.17, 15) is 24.0 Å². The molecule has 0 saturated heterocycles. The molecule has 200 valence electrons. The zero-order chi connectivity index (χ0) is 28.0. The first-order valence-electron chi connectivity index (χ1n) is 12.0. The zero-order valence-electron chi connectivity index (χ0n) is 22.0. The molecule has 2 N–H and O–H groups in total. The van der Waals surface area contributed by atoms with Gasteiger partial charge in [0.1, 0.15) is 12.5 Å². The van der Waals surface area contributed by atoms with Crippen LogP contribution in [0.15, 0.2) is 53.7 Å². The Labute approximate surface area is 220 Å². The SMILES string of the molecule is COC(=O)CC(=O)N[C@@H](C)C(=O)NC1N=C(c2ccccn2)c2ccccc2N(CC(=O)C(C)(C)C)C1=O. The third-order valence-corrected chi connectivity index (χ3v) is 5.84. The van der Waals surface area contributed by atoms with Gasteiger partial charge in [-0.15, -0.1) is 0 Å². The van der Waals surface area contributed by atoms with Crippen LogP contribution in [0.1, 0.15) is 45.4 Å². The van der Waals surface area contributed by atoms with Crippen molar-refractivity contribution in [1.29, 1.82) is 0 Å². The Morgan fingerprint density at radius 1 is 1.08 bits per heavy atom. The molecule has 1 aliphatic heterocycles. The van der Waals surface area contributed by atoms with Crippen LogP contribution in [0.4, 0.5) is 5.69 Å². The number of nitrogens with one attached hydrogen (secondary N) is 2. The summed E-state index contributed by atoms with van der Waals surface area (Å²) in [6.45, 7) is 6.46. The Hall–Kier alpha value is -4.41. The minimum Gasteiger partial charge on any atom is -0.469 e. The molecular formula is C27H31N5O6. The summed E-state index contributed by atoms with van der Waals surface area (Å²) >= 11 is 0. The molecule has 0 saturated carbocycles. The lowest BCUT2D eigenvalue weighted by molar-refractivity contribution is -0.144.